The number of fused-ring (bicyclic) bond motifs is 1. The molecule has 4 nitrogen and oxygen atoms in total. The molecule has 110 valence electrons. The Hall–Kier alpha value is -1.07. The Morgan fingerprint density at radius 2 is 2.35 bits per heavy atom. The standard InChI is InChI=1S/C15H24N4S/c1-3-12-6-4-5-7-18(12)14-13(10-11(2)16)19-8-9-20-15(19)17-14/h8-9,11-12H,3-7,10,16H2,1-2H3. The number of hydrogen-bond acceptors (Lipinski definition) is 4. The maximum Gasteiger partial charge on any atom is 0.195 e. The van der Waals surface area contributed by atoms with Crippen LogP contribution in [0.4, 0.5) is 5.82 Å². The zero-order valence-electron chi connectivity index (χ0n) is 12.4. The summed E-state index contributed by atoms with van der Waals surface area (Å²) in [4.78, 5) is 8.52. The van der Waals surface area contributed by atoms with Crippen LogP contribution in [0.1, 0.15) is 45.2 Å². The van der Waals surface area contributed by atoms with Crippen LogP contribution in [0.15, 0.2) is 11.6 Å². The summed E-state index contributed by atoms with van der Waals surface area (Å²) in [6.07, 6.45) is 8.13. The van der Waals surface area contributed by atoms with Crippen LogP contribution in [-0.4, -0.2) is 28.0 Å². The van der Waals surface area contributed by atoms with Crippen molar-refractivity contribution in [3.63, 3.8) is 0 Å². The number of nitrogens with zero attached hydrogens (tertiary/aromatic N) is 3. The molecule has 0 aliphatic carbocycles. The van der Waals surface area contributed by atoms with Crippen molar-refractivity contribution in [2.24, 2.45) is 5.73 Å². The van der Waals surface area contributed by atoms with Crippen molar-refractivity contribution in [2.45, 2.75) is 58.0 Å². The normalized spacial score (nSPS) is 21.6. The second-order valence-corrected chi connectivity index (χ2v) is 6.74. The molecule has 0 amide bonds. The number of aromatic nitrogens is 2. The van der Waals surface area contributed by atoms with E-state index in [2.05, 4.69) is 34.7 Å². The minimum absolute atomic E-state index is 0.165. The second kappa shape index (κ2) is 5.74. The molecule has 5 heteroatoms. The van der Waals surface area contributed by atoms with E-state index in [9.17, 15) is 0 Å². The highest BCUT2D eigenvalue weighted by molar-refractivity contribution is 7.15. The van der Waals surface area contributed by atoms with Gasteiger partial charge in [-0.1, -0.05) is 6.92 Å². The number of nitrogens with two attached hydrogens (primary N) is 1. The zero-order valence-corrected chi connectivity index (χ0v) is 13.2. The smallest absolute Gasteiger partial charge is 0.195 e. The molecule has 0 saturated carbocycles. The molecule has 1 aliphatic heterocycles. The predicted octanol–water partition coefficient (Wildman–Crippen LogP) is 3.05. The van der Waals surface area contributed by atoms with E-state index in [0.717, 1.165) is 17.9 Å². The Morgan fingerprint density at radius 3 is 3.10 bits per heavy atom. The molecule has 2 atom stereocenters. The van der Waals surface area contributed by atoms with Gasteiger partial charge in [0.25, 0.3) is 0 Å². The number of hydrogen-bond donors (Lipinski definition) is 1. The van der Waals surface area contributed by atoms with Crippen LogP contribution in [0.2, 0.25) is 0 Å². The molecule has 0 bridgehead atoms. The van der Waals surface area contributed by atoms with Gasteiger partial charge >= 0.3 is 0 Å². The lowest BCUT2D eigenvalue weighted by Crippen LogP contribution is -2.40. The first-order chi connectivity index (χ1) is 9.70. The summed E-state index contributed by atoms with van der Waals surface area (Å²) in [6.45, 7) is 5.49. The molecule has 3 heterocycles. The SMILES string of the molecule is CCC1CCCCN1c1nc2sccn2c1CC(C)N. The van der Waals surface area contributed by atoms with Crippen LogP contribution in [0.3, 0.4) is 0 Å². The van der Waals surface area contributed by atoms with Gasteiger partial charge in [0.15, 0.2) is 10.8 Å². The fourth-order valence-corrected chi connectivity index (χ4v) is 3.98. The lowest BCUT2D eigenvalue weighted by molar-refractivity contribution is 0.446. The minimum Gasteiger partial charge on any atom is -0.352 e. The highest BCUT2D eigenvalue weighted by atomic mass is 32.1. The molecule has 2 aromatic rings. The topological polar surface area (TPSA) is 46.6 Å². The quantitative estimate of drug-likeness (QED) is 0.942. The maximum atomic E-state index is 6.05. The van der Waals surface area contributed by atoms with Crippen molar-refractivity contribution in [1.29, 1.82) is 0 Å². The molecule has 3 rings (SSSR count). The van der Waals surface area contributed by atoms with Gasteiger partial charge in [-0.3, -0.25) is 4.40 Å². The van der Waals surface area contributed by atoms with E-state index in [1.165, 1.54) is 37.2 Å². The zero-order chi connectivity index (χ0) is 14.1. The maximum absolute atomic E-state index is 6.05. The van der Waals surface area contributed by atoms with Gasteiger partial charge in [0.1, 0.15) is 0 Å². The van der Waals surface area contributed by atoms with E-state index in [-0.39, 0.29) is 6.04 Å². The molecular weight excluding hydrogens is 268 g/mol. The Morgan fingerprint density at radius 1 is 1.50 bits per heavy atom. The lowest BCUT2D eigenvalue weighted by atomic mass is 9.99. The molecule has 2 unspecified atom stereocenters. The summed E-state index contributed by atoms with van der Waals surface area (Å²) < 4.78 is 2.23. The Kier molecular flexibility index (Phi) is 3.98. The monoisotopic (exact) mass is 292 g/mol. The van der Waals surface area contributed by atoms with Crippen LogP contribution >= 0.6 is 11.3 Å². The van der Waals surface area contributed by atoms with Crippen molar-refractivity contribution in [1.82, 2.24) is 9.38 Å². The summed E-state index contributed by atoms with van der Waals surface area (Å²) >= 11 is 1.71. The average Bonchev–Trinajstić information content (AvgIpc) is 3.01. The van der Waals surface area contributed by atoms with E-state index in [4.69, 9.17) is 10.7 Å². The molecule has 0 aromatic carbocycles. The highest BCUT2D eigenvalue weighted by Crippen LogP contribution is 2.31. The Labute approximate surface area is 124 Å². The fourth-order valence-electron chi connectivity index (χ4n) is 3.25. The first kappa shape index (κ1) is 13.9. The van der Waals surface area contributed by atoms with Crippen LogP contribution in [-0.2, 0) is 6.42 Å². The second-order valence-electron chi connectivity index (χ2n) is 5.87. The van der Waals surface area contributed by atoms with Crippen LogP contribution in [0, 0.1) is 0 Å². The number of rotatable bonds is 4. The van der Waals surface area contributed by atoms with Crippen molar-refractivity contribution in [3.8, 4) is 0 Å². The van der Waals surface area contributed by atoms with E-state index in [1.54, 1.807) is 11.3 Å². The number of piperidine rings is 1. The number of thiazole rings is 1. The van der Waals surface area contributed by atoms with Crippen LogP contribution in [0.25, 0.3) is 4.96 Å². The summed E-state index contributed by atoms with van der Waals surface area (Å²) in [6, 6.07) is 0.804. The molecular formula is C15H24N4S. The number of anilines is 1. The van der Waals surface area contributed by atoms with Crippen molar-refractivity contribution >= 4 is 22.1 Å². The molecule has 2 N–H and O–H groups in total. The van der Waals surface area contributed by atoms with Crippen molar-refractivity contribution < 1.29 is 0 Å². The molecule has 20 heavy (non-hydrogen) atoms. The molecule has 0 radical (unpaired) electrons. The highest BCUT2D eigenvalue weighted by Gasteiger charge is 2.27. The predicted molar refractivity (Wildman–Crippen MR) is 85.7 cm³/mol. The molecule has 1 fully saturated rings. The third-order valence-electron chi connectivity index (χ3n) is 4.23. The van der Waals surface area contributed by atoms with Gasteiger partial charge < -0.3 is 10.6 Å². The molecule has 1 saturated heterocycles. The van der Waals surface area contributed by atoms with E-state index >= 15 is 0 Å². The molecule has 1 aliphatic rings. The van der Waals surface area contributed by atoms with Gasteiger partial charge in [-0.2, -0.15) is 0 Å². The van der Waals surface area contributed by atoms with Gasteiger partial charge in [0, 0.05) is 36.6 Å². The van der Waals surface area contributed by atoms with Gasteiger partial charge in [-0.25, -0.2) is 4.98 Å². The fraction of sp³-hybridized carbons (Fsp3) is 0.667. The number of imidazole rings is 1. The average molecular weight is 292 g/mol. The first-order valence-corrected chi connectivity index (χ1v) is 8.55. The summed E-state index contributed by atoms with van der Waals surface area (Å²) in [5.41, 5.74) is 7.34. The van der Waals surface area contributed by atoms with E-state index in [0.29, 0.717) is 6.04 Å². The largest absolute Gasteiger partial charge is 0.352 e. The van der Waals surface area contributed by atoms with Gasteiger partial charge in [0.2, 0.25) is 0 Å². The third-order valence-corrected chi connectivity index (χ3v) is 4.98. The van der Waals surface area contributed by atoms with Gasteiger partial charge in [-0.15, -0.1) is 11.3 Å². The molecule has 0 spiro atoms. The van der Waals surface area contributed by atoms with Crippen molar-refractivity contribution in [3.05, 3.63) is 17.3 Å². The van der Waals surface area contributed by atoms with E-state index in [1.807, 2.05) is 0 Å². The Bertz CT molecular complexity index is 571. The van der Waals surface area contributed by atoms with Crippen LogP contribution in [0.5, 0.6) is 0 Å². The van der Waals surface area contributed by atoms with Gasteiger partial charge in [-0.05, 0) is 32.6 Å². The summed E-state index contributed by atoms with van der Waals surface area (Å²) in [5.74, 6) is 1.18. The van der Waals surface area contributed by atoms with E-state index < -0.39 is 0 Å². The van der Waals surface area contributed by atoms with Gasteiger partial charge in [0.05, 0.1) is 5.69 Å². The first-order valence-electron chi connectivity index (χ1n) is 7.67. The molecule has 2 aromatic heterocycles. The summed E-state index contributed by atoms with van der Waals surface area (Å²) in [5, 5.41) is 2.10. The summed E-state index contributed by atoms with van der Waals surface area (Å²) in [7, 11) is 0. The minimum atomic E-state index is 0.165. The van der Waals surface area contributed by atoms with Crippen molar-refractivity contribution in [2.75, 3.05) is 11.4 Å². The Balaban J connectivity index is 2.02. The van der Waals surface area contributed by atoms with Crippen LogP contribution < -0.4 is 10.6 Å². The lowest BCUT2D eigenvalue weighted by Gasteiger charge is -2.36. The third kappa shape index (κ3) is 2.44.